The van der Waals surface area contributed by atoms with Crippen molar-refractivity contribution in [1.29, 1.82) is 0 Å². The Morgan fingerprint density at radius 2 is 1.48 bits per heavy atom. The van der Waals surface area contributed by atoms with E-state index in [1.807, 2.05) is 12.1 Å². The van der Waals surface area contributed by atoms with Gasteiger partial charge in [0.15, 0.2) is 9.84 Å². The maximum absolute atomic E-state index is 10.1. The Morgan fingerprint density at radius 1 is 0.957 bits per heavy atom. The van der Waals surface area contributed by atoms with Crippen LogP contribution < -0.4 is 5.32 Å². The Balaban J connectivity index is 0.000000322. The van der Waals surface area contributed by atoms with Crippen molar-refractivity contribution in [2.75, 3.05) is 5.32 Å². The molecule has 0 unspecified atom stereocenters. The first-order valence-corrected chi connectivity index (χ1v) is 8.60. The summed E-state index contributed by atoms with van der Waals surface area (Å²) in [5, 5.41) is 5.18. The number of hydrogen-bond acceptors (Lipinski definition) is 6. The van der Waals surface area contributed by atoms with Crippen molar-refractivity contribution >= 4 is 56.3 Å². The monoisotopic (exact) mass is 392 g/mol. The smallest absolute Gasteiger partial charge is 0.232 e. The molecule has 6 nitrogen and oxygen atoms in total. The summed E-state index contributed by atoms with van der Waals surface area (Å²) in [6.07, 6.45) is 0. The predicted molar refractivity (Wildman–Crippen MR) is 93.9 cm³/mol. The second-order valence-corrected chi connectivity index (χ2v) is 6.65. The van der Waals surface area contributed by atoms with Gasteiger partial charge in [0.2, 0.25) is 16.5 Å². The molecule has 0 saturated carbocycles. The Labute approximate surface area is 148 Å². The zero-order valence-corrected chi connectivity index (χ0v) is 14.7. The molecule has 2 aromatic rings. The van der Waals surface area contributed by atoms with Crippen molar-refractivity contribution in [1.82, 2.24) is 15.0 Å². The Bertz CT molecular complexity index is 778. The number of aromatic nitrogens is 3. The largest absolute Gasteiger partial charge is 0.323 e. The molecule has 122 valence electrons. The Morgan fingerprint density at radius 3 is 1.91 bits per heavy atom. The Hall–Kier alpha value is -1.67. The zero-order valence-electron chi connectivity index (χ0n) is 11.6. The fourth-order valence-corrected chi connectivity index (χ4v) is 1.82. The molecule has 0 aliphatic carbocycles. The van der Waals surface area contributed by atoms with Crippen LogP contribution in [-0.4, -0.2) is 23.4 Å². The molecule has 0 saturated heterocycles. The number of para-hydroxylation sites is 1. The van der Waals surface area contributed by atoms with Crippen LogP contribution in [0, 0.1) is 0 Å². The summed E-state index contributed by atoms with van der Waals surface area (Å²) < 4.78 is 20.3. The minimum atomic E-state index is -3.13. The van der Waals surface area contributed by atoms with E-state index >= 15 is 0 Å². The number of sulfone groups is 1. The van der Waals surface area contributed by atoms with Gasteiger partial charge in [-0.3, -0.25) is 0 Å². The zero-order chi connectivity index (χ0) is 17.5. The normalized spacial score (nSPS) is 10.2. The third kappa shape index (κ3) is 6.96. The van der Waals surface area contributed by atoms with Gasteiger partial charge in [-0.1, -0.05) is 36.9 Å². The molecular weight excluding hydrogens is 383 g/mol. The van der Waals surface area contributed by atoms with Crippen molar-refractivity contribution in [3.63, 3.8) is 0 Å². The molecule has 0 radical (unpaired) electrons. The number of benzene rings is 1. The lowest BCUT2D eigenvalue weighted by atomic mass is 10.3. The summed E-state index contributed by atoms with van der Waals surface area (Å²) in [5.74, 6) is 0.248. The van der Waals surface area contributed by atoms with Crippen molar-refractivity contribution < 1.29 is 8.42 Å². The fraction of sp³-hybridized carbons (Fsp3) is 0. The van der Waals surface area contributed by atoms with Crippen LogP contribution in [0.1, 0.15) is 0 Å². The molecule has 1 N–H and O–H groups in total. The summed E-state index contributed by atoms with van der Waals surface area (Å²) in [6.45, 7) is 6.09. The van der Waals surface area contributed by atoms with Crippen LogP contribution in [0.25, 0.3) is 0 Å². The van der Waals surface area contributed by atoms with Gasteiger partial charge in [-0.05, 0) is 35.3 Å². The van der Waals surface area contributed by atoms with Gasteiger partial charge in [0.25, 0.3) is 0 Å². The average molecular weight is 394 g/mol. The van der Waals surface area contributed by atoms with E-state index in [2.05, 4.69) is 33.4 Å². The lowest BCUT2D eigenvalue weighted by molar-refractivity contribution is 0.613. The maximum atomic E-state index is 10.1. The highest BCUT2D eigenvalue weighted by Gasteiger charge is 2.05. The van der Waals surface area contributed by atoms with Gasteiger partial charge in [0.1, 0.15) is 0 Å². The quantitative estimate of drug-likeness (QED) is 0.835. The van der Waals surface area contributed by atoms with Crippen molar-refractivity contribution in [2.45, 2.75) is 0 Å². The molecule has 1 heterocycles. The molecule has 10 heteroatoms. The molecule has 0 aliphatic rings. The predicted octanol–water partition coefficient (Wildman–Crippen LogP) is 4.26. The van der Waals surface area contributed by atoms with E-state index in [1.54, 1.807) is 12.1 Å². The number of rotatable bonds is 4. The minimum absolute atomic E-state index is 0.0227. The topological polar surface area (TPSA) is 84.8 Å². The van der Waals surface area contributed by atoms with Crippen LogP contribution in [0.3, 0.4) is 0 Å². The van der Waals surface area contributed by atoms with Gasteiger partial charge in [0.05, 0.1) is 10.7 Å². The molecule has 23 heavy (non-hydrogen) atoms. The van der Waals surface area contributed by atoms with Gasteiger partial charge in [-0.25, -0.2) is 8.42 Å². The summed E-state index contributed by atoms with van der Waals surface area (Å²) in [4.78, 5) is 11.4. The summed E-state index contributed by atoms with van der Waals surface area (Å²) in [5.41, 5.74) is 0.669. The third-order valence-electron chi connectivity index (χ3n) is 2.17. The van der Waals surface area contributed by atoms with Crippen LogP contribution in [0.5, 0.6) is 0 Å². The number of hydrogen-bond donors (Lipinski definition) is 1. The average Bonchev–Trinajstić information content (AvgIpc) is 2.49. The molecule has 2 rings (SSSR count). The molecule has 1 aromatic heterocycles. The van der Waals surface area contributed by atoms with E-state index in [0.29, 0.717) is 10.7 Å². The van der Waals surface area contributed by atoms with Gasteiger partial charge in [-0.15, -0.1) is 0 Å². The molecule has 0 fully saturated rings. The van der Waals surface area contributed by atoms with E-state index in [-0.39, 0.29) is 16.5 Å². The van der Waals surface area contributed by atoms with Crippen LogP contribution in [-0.2, 0) is 9.84 Å². The minimum Gasteiger partial charge on any atom is -0.323 e. The van der Waals surface area contributed by atoms with Crippen molar-refractivity contribution in [3.05, 3.63) is 63.8 Å². The lowest BCUT2D eigenvalue weighted by Gasteiger charge is -2.06. The van der Waals surface area contributed by atoms with Crippen molar-refractivity contribution in [3.8, 4) is 0 Å². The number of nitrogens with zero attached hydrogens (tertiary/aromatic N) is 3. The van der Waals surface area contributed by atoms with Crippen LogP contribution in [0.4, 0.5) is 11.6 Å². The van der Waals surface area contributed by atoms with Gasteiger partial charge in [0, 0.05) is 10.8 Å². The first-order valence-electron chi connectivity index (χ1n) is 5.86. The molecule has 0 aliphatic heterocycles. The first-order chi connectivity index (χ1) is 10.8. The molecule has 0 amide bonds. The second-order valence-electron chi connectivity index (χ2n) is 3.72. The molecule has 0 atom stereocenters. The number of nitrogens with one attached hydrogen (secondary N) is 1. The van der Waals surface area contributed by atoms with Gasteiger partial charge < -0.3 is 5.32 Å². The molecular formula is C13H11Cl3N4O2S. The summed E-state index contributed by atoms with van der Waals surface area (Å²) in [7, 11) is -3.13. The Kier molecular flexibility index (Phi) is 7.44. The number of halogens is 3. The van der Waals surface area contributed by atoms with E-state index in [1.165, 1.54) is 0 Å². The van der Waals surface area contributed by atoms with E-state index in [4.69, 9.17) is 34.8 Å². The van der Waals surface area contributed by atoms with Crippen LogP contribution in [0.2, 0.25) is 15.6 Å². The fourth-order valence-electron chi connectivity index (χ4n) is 1.13. The highest BCUT2D eigenvalue weighted by Crippen LogP contribution is 2.23. The highest BCUT2D eigenvalue weighted by atomic mass is 35.5. The molecule has 1 aromatic carbocycles. The first kappa shape index (κ1) is 19.4. The van der Waals surface area contributed by atoms with Gasteiger partial charge in [-0.2, -0.15) is 15.0 Å². The van der Waals surface area contributed by atoms with Crippen LogP contribution >= 0.6 is 34.8 Å². The highest BCUT2D eigenvalue weighted by molar-refractivity contribution is 7.97. The molecule has 0 bridgehead atoms. The maximum Gasteiger partial charge on any atom is 0.232 e. The summed E-state index contributed by atoms with van der Waals surface area (Å²) in [6, 6.07) is 7.18. The standard InChI is InChI=1S/C9H5Cl3N4.C4H6O2S/c10-5-3-1-2-4-6(5)13-9-15-7(11)14-8(12)16-9;1-3-7(5,6)4-2/h1-4H,(H,13,14,15,16);3-4H,1-2H2. The van der Waals surface area contributed by atoms with E-state index < -0.39 is 9.84 Å². The van der Waals surface area contributed by atoms with Crippen molar-refractivity contribution in [2.24, 2.45) is 0 Å². The molecule has 0 spiro atoms. The van der Waals surface area contributed by atoms with Gasteiger partial charge >= 0.3 is 0 Å². The van der Waals surface area contributed by atoms with Crippen LogP contribution in [0.15, 0.2) is 48.2 Å². The SMILES string of the molecule is C=CS(=O)(=O)C=C.Clc1nc(Cl)nc(Nc2ccccc2Cl)n1. The lowest BCUT2D eigenvalue weighted by Crippen LogP contribution is -1.99. The second kappa shape index (κ2) is 8.83. The third-order valence-corrected chi connectivity index (χ3v) is 3.76. The van der Waals surface area contributed by atoms with E-state index in [9.17, 15) is 8.42 Å². The summed E-state index contributed by atoms with van der Waals surface area (Å²) >= 11 is 17.2. The number of anilines is 2. The van der Waals surface area contributed by atoms with E-state index in [0.717, 1.165) is 10.8 Å².